The maximum Gasteiger partial charge on any atom is 0.155 e. The van der Waals surface area contributed by atoms with Crippen LogP contribution in [0.1, 0.15) is 59.3 Å². The summed E-state index contributed by atoms with van der Waals surface area (Å²) in [5.41, 5.74) is 1.60. The molecule has 0 aromatic rings. The van der Waals surface area contributed by atoms with Gasteiger partial charge in [-0.3, -0.25) is 4.79 Å². The van der Waals surface area contributed by atoms with Crippen molar-refractivity contribution in [3.05, 3.63) is 11.6 Å². The van der Waals surface area contributed by atoms with Crippen molar-refractivity contribution in [3.8, 4) is 0 Å². The van der Waals surface area contributed by atoms with Gasteiger partial charge in [-0.05, 0) is 79.1 Å². The summed E-state index contributed by atoms with van der Waals surface area (Å²) in [6.45, 7) is 7.16. The quantitative estimate of drug-likeness (QED) is 0.735. The van der Waals surface area contributed by atoms with Gasteiger partial charge in [-0.1, -0.05) is 26.3 Å². The Morgan fingerprint density at radius 3 is 2.68 bits per heavy atom. The normalized spacial score (nSPS) is 54.3. The summed E-state index contributed by atoms with van der Waals surface area (Å²) < 4.78 is 0. The zero-order valence-corrected chi connectivity index (χ0v) is 14.2. The number of carbonyl (C=O) groups excluding carboxylic acids is 1. The lowest BCUT2D eigenvalue weighted by molar-refractivity contribution is -0.118. The van der Waals surface area contributed by atoms with Crippen LogP contribution in [0.5, 0.6) is 0 Å². The van der Waals surface area contributed by atoms with E-state index in [1.165, 1.54) is 18.4 Å². The van der Waals surface area contributed by atoms with Crippen molar-refractivity contribution in [3.63, 3.8) is 0 Å². The first kappa shape index (κ1) is 14.9. The second kappa shape index (κ2) is 4.93. The molecule has 1 N–H and O–H groups in total. The van der Waals surface area contributed by atoms with Crippen molar-refractivity contribution in [1.82, 2.24) is 0 Å². The first-order valence-corrected chi connectivity index (χ1v) is 9.33. The molecule has 4 aliphatic rings. The Balaban J connectivity index is 1.73. The maximum absolute atomic E-state index is 11.8. The molecule has 0 aliphatic heterocycles. The smallest absolute Gasteiger partial charge is 0.155 e. The van der Waals surface area contributed by atoms with Crippen molar-refractivity contribution in [1.29, 1.82) is 0 Å². The van der Waals surface area contributed by atoms with E-state index in [-0.39, 0.29) is 11.5 Å². The Morgan fingerprint density at radius 2 is 1.91 bits per heavy atom. The molecule has 3 fully saturated rings. The maximum atomic E-state index is 11.8. The summed E-state index contributed by atoms with van der Waals surface area (Å²) in [4.78, 5) is 11.8. The molecule has 1 unspecified atom stereocenters. The minimum absolute atomic E-state index is 0.0991. The molecule has 0 bridgehead atoms. The Hall–Kier alpha value is -0.630. The lowest BCUT2D eigenvalue weighted by Crippen LogP contribution is -2.53. The third-order valence-corrected chi connectivity index (χ3v) is 7.89. The molecular formula is C20H30O2. The van der Waals surface area contributed by atoms with Gasteiger partial charge in [0, 0.05) is 6.42 Å². The van der Waals surface area contributed by atoms with Gasteiger partial charge in [0.2, 0.25) is 0 Å². The molecule has 4 aliphatic carbocycles. The number of hydrogen-bond acceptors (Lipinski definition) is 2. The molecule has 0 amide bonds. The van der Waals surface area contributed by atoms with Crippen LogP contribution in [0.25, 0.3) is 0 Å². The highest BCUT2D eigenvalue weighted by Gasteiger charge is 2.59. The fraction of sp³-hybridized carbons (Fsp3) is 0.850. The topological polar surface area (TPSA) is 37.3 Å². The molecule has 0 aromatic carbocycles. The Morgan fingerprint density at radius 1 is 1.14 bits per heavy atom. The molecule has 122 valence electrons. The van der Waals surface area contributed by atoms with Gasteiger partial charge in [0.25, 0.3) is 0 Å². The van der Waals surface area contributed by atoms with E-state index in [9.17, 15) is 9.90 Å². The number of carbonyl (C=O) groups is 1. The van der Waals surface area contributed by atoms with Crippen molar-refractivity contribution in [2.75, 3.05) is 0 Å². The first-order valence-electron chi connectivity index (χ1n) is 9.33. The number of rotatable bonds is 0. The summed E-state index contributed by atoms with van der Waals surface area (Å²) in [6, 6.07) is 0. The summed E-state index contributed by atoms with van der Waals surface area (Å²) in [5.74, 6) is 4.52. The van der Waals surface area contributed by atoms with Crippen LogP contribution < -0.4 is 0 Å². The number of aliphatic hydroxyl groups excluding tert-OH is 1. The molecule has 0 heterocycles. The van der Waals surface area contributed by atoms with Crippen molar-refractivity contribution in [2.45, 2.75) is 65.4 Å². The van der Waals surface area contributed by atoms with Gasteiger partial charge in [-0.25, -0.2) is 0 Å². The molecule has 0 radical (unpaired) electrons. The van der Waals surface area contributed by atoms with Crippen molar-refractivity contribution in [2.24, 2.45) is 40.9 Å². The molecular weight excluding hydrogens is 272 g/mol. The van der Waals surface area contributed by atoms with Gasteiger partial charge in [0.15, 0.2) is 5.78 Å². The SMILES string of the molecule is C[C@@H]1CC2=CC(=O)CC[C@@H]2[C@@H]2[C@@H]1[C@@H]1CCC(O)[C@@]1(C)C[C@@H]2C. The van der Waals surface area contributed by atoms with E-state index in [0.717, 1.165) is 37.5 Å². The number of hydrogen-bond donors (Lipinski definition) is 1. The predicted octanol–water partition coefficient (Wildman–Crippen LogP) is 3.98. The van der Waals surface area contributed by atoms with E-state index in [1.807, 2.05) is 6.08 Å². The Kier molecular flexibility index (Phi) is 3.35. The minimum Gasteiger partial charge on any atom is -0.393 e. The van der Waals surface area contributed by atoms with Gasteiger partial charge in [0.1, 0.15) is 0 Å². The van der Waals surface area contributed by atoms with E-state index in [1.54, 1.807) is 0 Å². The highest BCUT2D eigenvalue weighted by molar-refractivity contribution is 5.91. The van der Waals surface area contributed by atoms with Crippen LogP contribution in [0.2, 0.25) is 0 Å². The summed E-state index contributed by atoms with van der Waals surface area (Å²) in [5, 5.41) is 10.6. The minimum atomic E-state index is -0.0991. The van der Waals surface area contributed by atoms with Crippen LogP contribution in [0.3, 0.4) is 0 Å². The first-order chi connectivity index (χ1) is 10.4. The molecule has 22 heavy (non-hydrogen) atoms. The average Bonchev–Trinajstić information content (AvgIpc) is 2.74. The molecule has 0 aromatic heterocycles. The highest BCUT2D eigenvalue weighted by Crippen LogP contribution is 2.64. The molecule has 8 atom stereocenters. The summed E-state index contributed by atoms with van der Waals surface area (Å²) in [7, 11) is 0. The summed E-state index contributed by atoms with van der Waals surface area (Å²) in [6.07, 6.45) is 8.22. The molecule has 4 rings (SSSR count). The van der Waals surface area contributed by atoms with E-state index in [2.05, 4.69) is 20.8 Å². The zero-order chi connectivity index (χ0) is 15.6. The van der Waals surface area contributed by atoms with Gasteiger partial charge in [0.05, 0.1) is 6.10 Å². The molecule has 3 saturated carbocycles. The van der Waals surface area contributed by atoms with Crippen molar-refractivity contribution < 1.29 is 9.90 Å². The van der Waals surface area contributed by atoms with Crippen LogP contribution in [0.15, 0.2) is 11.6 Å². The van der Waals surface area contributed by atoms with E-state index >= 15 is 0 Å². The number of allylic oxidation sites excluding steroid dienone is 1. The fourth-order valence-electron chi connectivity index (χ4n) is 7.11. The molecule has 2 heteroatoms. The van der Waals surface area contributed by atoms with Gasteiger partial charge in [-0.2, -0.15) is 0 Å². The van der Waals surface area contributed by atoms with Crippen LogP contribution in [-0.4, -0.2) is 17.0 Å². The lowest BCUT2D eigenvalue weighted by Gasteiger charge is -2.58. The highest BCUT2D eigenvalue weighted by atomic mass is 16.3. The van der Waals surface area contributed by atoms with Crippen molar-refractivity contribution >= 4 is 5.78 Å². The third-order valence-electron chi connectivity index (χ3n) is 7.89. The van der Waals surface area contributed by atoms with E-state index in [4.69, 9.17) is 0 Å². The van der Waals surface area contributed by atoms with Gasteiger partial charge >= 0.3 is 0 Å². The largest absolute Gasteiger partial charge is 0.393 e. The van der Waals surface area contributed by atoms with Crippen LogP contribution in [0.4, 0.5) is 0 Å². The van der Waals surface area contributed by atoms with Crippen LogP contribution in [0, 0.1) is 40.9 Å². The fourth-order valence-corrected chi connectivity index (χ4v) is 7.11. The van der Waals surface area contributed by atoms with Gasteiger partial charge in [-0.15, -0.1) is 0 Å². The van der Waals surface area contributed by atoms with Crippen LogP contribution in [-0.2, 0) is 4.79 Å². The average molecular weight is 302 g/mol. The standard InChI is InChI=1S/C20H30O2/c1-11-8-13-9-14(21)4-5-15(13)18-12(2)10-20(3)16(19(11)18)6-7-17(20)22/h9,11-12,15-19,22H,4-8,10H2,1-3H3/t11-,12+,15+,16+,17?,18-,19+,20+/m1/s1. The third kappa shape index (κ3) is 1.92. The summed E-state index contributed by atoms with van der Waals surface area (Å²) >= 11 is 0. The molecule has 0 saturated heterocycles. The Bertz CT molecular complexity index is 522. The number of aliphatic hydroxyl groups is 1. The zero-order valence-electron chi connectivity index (χ0n) is 14.2. The van der Waals surface area contributed by atoms with Crippen LogP contribution >= 0.6 is 0 Å². The molecule has 0 spiro atoms. The van der Waals surface area contributed by atoms with E-state index < -0.39 is 0 Å². The Labute approximate surface area is 134 Å². The lowest BCUT2D eigenvalue weighted by atomic mass is 9.47. The number of fused-ring (bicyclic) bond motifs is 5. The molecule has 2 nitrogen and oxygen atoms in total. The van der Waals surface area contributed by atoms with Gasteiger partial charge < -0.3 is 5.11 Å². The number of ketones is 1. The predicted molar refractivity (Wildman–Crippen MR) is 87.2 cm³/mol. The monoisotopic (exact) mass is 302 g/mol. The van der Waals surface area contributed by atoms with E-state index in [0.29, 0.717) is 29.5 Å². The second-order valence-electron chi connectivity index (χ2n) is 9.05. The second-order valence-corrected chi connectivity index (χ2v) is 9.05.